The Morgan fingerprint density at radius 3 is 0.762 bits per heavy atom. The number of likely N-dealkylation sites (tertiary alicyclic amines) is 9. The number of nitrogens with zero attached hydrogens (tertiary/aromatic N) is 9. The lowest BCUT2D eigenvalue weighted by atomic mass is 9.63. The maximum Gasteiger partial charge on any atom is 0.309 e. The Morgan fingerprint density at radius 2 is 0.556 bits per heavy atom. The van der Waals surface area contributed by atoms with Crippen molar-refractivity contribution in [3.63, 3.8) is 0 Å². The van der Waals surface area contributed by atoms with E-state index in [0.29, 0.717) is 118 Å². The Kier molecular flexibility index (Phi) is 40.8. The van der Waals surface area contributed by atoms with E-state index in [1.807, 2.05) is 6.92 Å². The number of rotatable bonds is 15. The van der Waals surface area contributed by atoms with Gasteiger partial charge in [0, 0.05) is 116 Å². The molecule has 7 aliphatic carbocycles. The average Bonchev–Trinajstić information content (AvgIpc) is 1.66. The third kappa shape index (κ3) is 29.2. The summed E-state index contributed by atoms with van der Waals surface area (Å²) in [7, 11) is 0. The lowest BCUT2D eigenvalue weighted by molar-refractivity contribution is -0.146. The highest BCUT2D eigenvalue weighted by atomic mass is 16.5. The van der Waals surface area contributed by atoms with Crippen molar-refractivity contribution in [1.29, 1.82) is 0 Å². The van der Waals surface area contributed by atoms with E-state index in [1.165, 1.54) is 271 Å². The Hall–Kier alpha value is -3.20. The normalized spacial score (nSPS) is 28.9. The van der Waals surface area contributed by atoms with Gasteiger partial charge in [-0.25, -0.2) is 0 Å². The van der Waals surface area contributed by atoms with Crippen LogP contribution in [0, 0.1) is 72.9 Å². The van der Waals surface area contributed by atoms with Crippen molar-refractivity contribution in [2.24, 2.45) is 72.9 Å². The van der Waals surface area contributed by atoms with Crippen molar-refractivity contribution in [1.82, 2.24) is 54.7 Å². The van der Waals surface area contributed by atoms with E-state index in [4.69, 9.17) is 4.74 Å². The molecule has 2 N–H and O–H groups in total. The number of esters is 1. The molecule has 11 aliphatic heterocycles. The maximum atomic E-state index is 11.7. The minimum absolute atomic E-state index is 0. The second kappa shape index (κ2) is 46.8. The van der Waals surface area contributed by atoms with Gasteiger partial charge in [-0.2, -0.15) is 0 Å². The number of imide groups is 1. The lowest BCUT2D eigenvalue weighted by Crippen LogP contribution is -2.60. The molecule has 18 heteroatoms. The maximum absolute atomic E-state index is 11.7. The summed E-state index contributed by atoms with van der Waals surface area (Å²) in [5.74, 6) is 3.66. The van der Waals surface area contributed by atoms with Crippen LogP contribution in [0.3, 0.4) is 0 Å². The first-order valence-corrected chi connectivity index (χ1v) is 51.6. The number of carbonyl (C=O) groups is 6. The van der Waals surface area contributed by atoms with Crippen LogP contribution in [-0.2, 0) is 33.5 Å². The van der Waals surface area contributed by atoms with Gasteiger partial charge in [-0.15, -0.1) is 0 Å². The predicted molar refractivity (Wildman–Crippen MR) is 528 cm³/mol. The van der Waals surface area contributed by atoms with Crippen LogP contribution >= 0.6 is 0 Å². The average molecular weight is 1770 g/mol. The summed E-state index contributed by atoms with van der Waals surface area (Å²) >= 11 is 0. The molecule has 18 fully saturated rings. The first-order chi connectivity index (χ1) is 58.0. The Morgan fingerprint density at radius 1 is 0.325 bits per heavy atom. The SMILES string of the molecule is C.C.C.C=C1CC2(CCN(C(C)C)CC2)N1.CC(=O)C1CC12CCN(C(C)C)CC2.CC(=O)C1CC12CCN(C(C)C)CC2.CC(=O)C1CC12CCN(C(C)C)CC2.CC(C)N1CCC2(CC1)CC(=O)NC(=O)C2.CC(C)N1CCC2(CC1)CC2.CC(C)N1CCC2(CCC2)CC1.CCC1CC12CCN(C(C)C)CC2.CCOC(=O)C1CC12CCN(C(C)C)CC2. The summed E-state index contributed by atoms with van der Waals surface area (Å²) in [6.45, 7) is 77.0. The summed E-state index contributed by atoms with van der Waals surface area (Å²) < 4.78 is 5.12. The molecule has 0 radical (unpaired) electrons. The van der Waals surface area contributed by atoms with Gasteiger partial charge in [-0.3, -0.25) is 34.1 Å². The monoisotopic (exact) mass is 1760 g/mol. The minimum atomic E-state index is -0.0887. The van der Waals surface area contributed by atoms with Crippen molar-refractivity contribution in [2.75, 3.05) is 124 Å². The summed E-state index contributed by atoms with van der Waals surface area (Å²) in [5, 5.41) is 5.89. The van der Waals surface area contributed by atoms with Crippen LogP contribution in [0.4, 0.5) is 0 Å². The molecule has 0 aromatic carbocycles. The summed E-state index contributed by atoms with van der Waals surface area (Å²) in [5.41, 5.74) is 5.78. The quantitative estimate of drug-likeness (QED) is 0.117. The smallest absolute Gasteiger partial charge is 0.309 e. The van der Waals surface area contributed by atoms with E-state index in [0.717, 1.165) is 85.7 Å². The highest BCUT2D eigenvalue weighted by Crippen LogP contribution is 2.64. The van der Waals surface area contributed by atoms with E-state index < -0.39 is 0 Å². The third-order valence-corrected chi connectivity index (χ3v) is 36.2. The number of hydrogen-bond acceptors (Lipinski definition) is 17. The van der Waals surface area contributed by atoms with E-state index in [2.05, 4.69) is 193 Å². The van der Waals surface area contributed by atoms with Gasteiger partial charge in [0.05, 0.1) is 12.5 Å². The van der Waals surface area contributed by atoms with Gasteiger partial charge in [0.25, 0.3) is 0 Å². The van der Waals surface area contributed by atoms with Crippen LogP contribution in [0.25, 0.3) is 0 Å². The zero-order valence-corrected chi connectivity index (χ0v) is 83.7. The van der Waals surface area contributed by atoms with Crippen LogP contribution in [0.15, 0.2) is 12.3 Å². The molecule has 18 aliphatic rings. The third-order valence-electron chi connectivity index (χ3n) is 36.2. The fraction of sp³-hybridized carbons (Fsp3) is 0.926. The second-order valence-electron chi connectivity index (χ2n) is 46.8. The van der Waals surface area contributed by atoms with Crippen molar-refractivity contribution in [2.45, 2.75) is 447 Å². The van der Waals surface area contributed by atoms with Gasteiger partial charge >= 0.3 is 5.97 Å². The van der Waals surface area contributed by atoms with Gasteiger partial charge in [0.1, 0.15) is 17.3 Å². The molecular formula is C108H201N11O7. The number of ketones is 3. The van der Waals surface area contributed by atoms with Gasteiger partial charge < -0.3 is 54.2 Å². The van der Waals surface area contributed by atoms with E-state index >= 15 is 0 Å². The van der Waals surface area contributed by atoms with Gasteiger partial charge in [-0.05, 0) is 480 Å². The number of hydrogen-bond donors (Lipinski definition) is 2. The predicted octanol–water partition coefficient (Wildman–Crippen LogP) is 20.7. The van der Waals surface area contributed by atoms with Gasteiger partial charge in [0.2, 0.25) is 11.8 Å². The number of carbonyl (C=O) groups excluding carboxylic acids is 6. The Bertz CT molecular complexity index is 3200. The zero-order valence-electron chi connectivity index (χ0n) is 83.7. The topological polar surface area (TPSA) is 165 Å². The molecule has 7 saturated carbocycles. The largest absolute Gasteiger partial charge is 0.466 e. The molecule has 2 amide bonds. The van der Waals surface area contributed by atoms with Crippen LogP contribution in [0.2, 0.25) is 0 Å². The number of amides is 2. The molecule has 5 atom stereocenters. The van der Waals surface area contributed by atoms with E-state index in [9.17, 15) is 28.8 Å². The molecule has 18 rings (SSSR count). The molecule has 0 aromatic heterocycles. The van der Waals surface area contributed by atoms with Crippen molar-refractivity contribution >= 4 is 35.1 Å². The highest BCUT2D eigenvalue weighted by Gasteiger charge is 2.62. The molecule has 0 bridgehead atoms. The molecule has 11 saturated heterocycles. The fourth-order valence-electron chi connectivity index (χ4n) is 25.2. The molecule has 0 aromatic rings. The number of ether oxygens (including phenoxy) is 1. The second-order valence-corrected chi connectivity index (χ2v) is 46.8. The molecule has 126 heavy (non-hydrogen) atoms. The summed E-state index contributed by atoms with van der Waals surface area (Å²) in [6, 6.07) is 6.21. The lowest BCUT2D eigenvalue weighted by Gasteiger charge is -2.51. The molecule has 11 heterocycles. The first-order valence-electron chi connectivity index (χ1n) is 51.6. The van der Waals surface area contributed by atoms with Crippen LogP contribution in [-0.4, -0.2) is 264 Å². The standard InChI is InChI=1S/C13H23NO2.C12H20N2O2.3C12H21NO.C12H23N.C11H20N2.C11H21N.C10H19N.3CH4/c1-4-16-12(15)11-9-13(11)5-7-14(8-6-13)10(2)3;1-9(2)14-5-3-12(4-6-14)7-10(15)13-11(16)8-12;3*1-9(2)13-6-4-12(5-7-13)8-11(12)10(3)14;1-4-11-9-12(11)5-7-13(8-6-12)10(2)3;1-9(2)13-6-4-11(5-7-13)8-10(3)12-11;1-10(2)12-8-6-11(7-9-12)4-3-5-11;1-9(2)11-7-5-10(3-4-10)6-8-11;;;/h10-11H,4-9H2,1-3H3;9H,3-8H2,1-2H3,(H,13,15,16);3*9,11H,4-8H2,1-3H3;10-11H,4-9H2,1-3H3;9,12H,3-8H2,1-2H3;10H,3-9H2,1-2H3;9H,3-8H2,1-2H3;3*1H4. The zero-order chi connectivity index (χ0) is 90.0. The minimum Gasteiger partial charge on any atom is -0.466 e. The van der Waals surface area contributed by atoms with Crippen molar-refractivity contribution in [3.05, 3.63) is 12.3 Å². The van der Waals surface area contributed by atoms with Crippen LogP contribution < -0.4 is 10.6 Å². The summed E-state index contributed by atoms with van der Waals surface area (Å²) in [4.78, 5) is 91.3. The molecular weight excluding hydrogens is 1560 g/mol. The summed E-state index contributed by atoms with van der Waals surface area (Å²) in [6.07, 6.45) is 40.7. The molecule has 730 valence electrons. The Balaban J connectivity index is 0.000000194. The Labute approximate surface area is 775 Å². The number of piperidine rings is 10. The highest BCUT2D eigenvalue weighted by molar-refractivity contribution is 5.98. The van der Waals surface area contributed by atoms with Crippen LogP contribution in [0.5, 0.6) is 0 Å². The van der Waals surface area contributed by atoms with E-state index in [1.54, 1.807) is 20.8 Å². The molecule has 9 spiro atoms. The van der Waals surface area contributed by atoms with Crippen molar-refractivity contribution < 1.29 is 33.5 Å². The number of nitrogens with one attached hydrogen (secondary N) is 2. The number of Topliss-reactive ketones (excluding diaryl/α,β-unsaturated/α-hetero) is 3. The van der Waals surface area contributed by atoms with Gasteiger partial charge in [-0.1, -0.05) is 48.6 Å². The molecule has 18 nitrogen and oxygen atoms in total. The van der Waals surface area contributed by atoms with E-state index in [-0.39, 0.29) is 51.4 Å². The van der Waals surface area contributed by atoms with Gasteiger partial charge in [0.15, 0.2) is 0 Å². The van der Waals surface area contributed by atoms with Crippen molar-refractivity contribution in [3.8, 4) is 0 Å². The molecule has 5 unspecified atom stereocenters. The fourth-order valence-corrected chi connectivity index (χ4v) is 25.2. The first kappa shape index (κ1) is 110. The van der Waals surface area contributed by atoms with Crippen LogP contribution in [0.1, 0.15) is 387 Å².